The average Bonchev–Trinajstić information content (AvgIpc) is 2.84. The van der Waals surface area contributed by atoms with E-state index in [1.807, 2.05) is 23.9 Å². The van der Waals surface area contributed by atoms with Crippen molar-refractivity contribution >= 4 is 5.91 Å². The van der Waals surface area contributed by atoms with Crippen molar-refractivity contribution in [2.45, 2.75) is 6.42 Å². The first-order valence-corrected chi connectivity index (χ1v) is 5.81. The summed E-state index contributed by atoms with van der Waals surface area (Å²) in [5, 5.41) is 11.4. The van der Waals surface area contributed by atoms with Gasteiger partial charge in [-0.3, -0.25) is 4.79 Å². The number of hydrogen-bond acceptors (Lipinski definition) is 4. The molecular weight excluding hydrogens is 242 g/mol. The second-order valence-electron chi connectivity index (χ2n) is 4.00. The number of nitrogens with one attached hydrogen (secondary N) is 1. The van der Waals surface area contributed by atoms with Crippen LogP contribution in [0.25, 0.3) is 0 Å². The van der Waals surface area contributed by atoms with Crippen molar-refractivity contribution < 1.29 is 4.79 Å². The van der Waals surface area contributed by atoms with Crippen LogP contribution in [0.3, 0.4) is 0 Å². The van der Waals surface area contributed by atoms with Crippen LogP contribution in [-0.4, -0.2) is 27.0 Å². The Bertz CT molecular complexity index is 609. The Balaban J connectivity index is 1.87. The van der Waals surface area contributed by atoms with E-state index >= 15 is 0 Å². The summed E-state index contributed by atoms with van der Waals surface area (Å²) in [4.78, 5) is 19.9. The number of rotatable bonds is 4. The fourth-order valence-electron chi connectivity index (χ4n) is 1.61. The summed E-state index contributed by atoms with van der Waals surface area (Å²) in [5.41, 5.74) is 0.739. The molecule has 0 aliphatic rings. The van der Waals surface area contributed by atoms with E-state index in [0.29, 0.717) is 24.2 Å². The molecule has 0 fully saturated rings. The first-order valence-electron chi connectivity index (χ1n) is 5.81. The number of nitrogens with zero attached hydrogens (tertiary/aromatic N) is 4. The van der Waals surface area contributed by atoms with Crippen LogP contribution < -0.4 is 5.32 Å². The fourth-order valence-corrected chi connectivity index (χ4v) is 1.61. The maximum Gasteiger partial charge on any atom is 0.269 e. The van der Waals surface area contributed by atoms with Gasteiger partial charge in [0.05, 0.1) is 5.56 Å². The van der Waals surface area contributed by atoms with Crippen molar-refractivity contribution in [1.82, 2.24) is 19.9 Å². The van der Waals surface area contributed by atoms with E-state index in [9.17, 15) is 4.79 Å². The third-order valence-electron chi connectivity index (χ3n) is 2.68. The minimum absolute atomic E-state index is 0.251. The molecule has 0 atom stereocenters. The zero-order valence-corrected chi connectivity index (χ0v) is 10.5. The highest BCUT2D eigenvalue weighted by molar-refractivity contribution is 5.92. The first kappa shape index (κ1) is 12.8. The molecule has 96 valence electrons. The van der Waals surface area contributed by atoms with Gasteiger partial charge in [0.25, 0.3) is 5.91 Å². The maximum absolute atomic E-state index is 11.8. The molecule has 0 saturated carbocycles. The molecular formula is C13H13N5O. The molecule has 0 spiro atoms. The van der Waals surface area contributed by atoms with Crippen molar-refractivity contribution in [2.75, 3.05) is 6.54 Å². The highest BCUT2D eigenvalue weighted by Gasteiger charge is 2.07. The van der Waals surface area contributed by atoms with Gasteiger partial charge in [0.15, 0.2) is 0 Å². The molecule has 19 heavy (non-hydrogen) atoms. The van der Waals surface area contributed by atoms with E-state index in [4.69, 9.17) is 5.26 Å². The van der Waals surface area contributed by atoms with Gasteiger partial charge in [0.1, 0.15) is 17.6 Å². The summed E-state index contributed by atoms with van der Waals surface area (Å²) in [6, 6.07) is 5.06. The number of carbonyl (C=O) groups excluding carboxylic acids is 1. The molecule has 0 bridgehead atoms. The summed E-state index contributed by atoms with van der Waals surface area (Å²) >= 11 is 0. The molecule has 1 amide bonds. The molecule has 2 heterocycles. The molecule has 2 aromatic rings. The number of imidazole rings is 1. The van der Waals surface area contributed by atoms with E-state index in [0.717, 1.165) is 5.82 Å². The molecule has 6 heteroatoms. The molecule has 0 radical (unpaired) electrons. The van der Waals surface area contributed by atoms with Gasteiger partial charge in [-0.15, -0.1) is 0 Å². The predicted octanol–water partition coefficient (Wildman–Crippen LogP) is 0.659. The van der Waals surface area contributed by atoms with Crippen LogP contribution in [0.2, 0.25) is 0 Å². The normalized spacial score (nSPS) is 9.89. The Morgan fingerprint density at radius 1 is 1.47 bits per heavy atom. The van der Waals surface area contributed by atoms with Crippen LogP contribution >= 0.6 is 0 Å². The first-order chi connectivity index (χ1) is 9.20. The lowest BCUT2D eigenvalue weighted by molar-refractivity contribution is 0.0949. The van der Waals surface area contributed by atoms with Crippen molar-refractivity contribution in [3.63, 3.8) is 0 Å². The number of aromatic nitrogens is 3. The Kier molecular flexibility index (Phi) is 3.88. The average molecular weight is 255 g/mol. The Morgan fingerprint density at radius 2 is 2.32 bits per heavy atom. The van der Waals surface area contributed by atoms with Crippen molar-refractivity contribution in [1.29, 1.82) is 5.26 Å². The quantitative estimate of drug-likeness (QED) is 0.869. The second-order valence-corrected chi connectivity index (χ2v) is 4.00. The lowest BCUT2D eigenvalue weighted by Gasteiger charge is -2.04. The molecule has 1 N–H and O–H groups in total. The SMILES string of the molecule is Cn1ccnc1CCNC(=O)c1ccc(C#N)cn1. The van der Waals surface area contributed by atoms with Gasteiger partial charge in [-0.2, -0.15) is 5.26 Å². The molecule has 2 aromatic heterocycles. The Hall–Kier alpha value is -2.68. The third kappa shape index (κ3) is 3.16. The van der Waals surface area contributed by atoms with E-state index in [1.165, 1.54) is 12.3 Å². The Morgan fingerprint density at radius 3 is 2.89 bits per heavy atom. The number of carbonyl (C=O) groups is 1. The molecule has 2 rings (SSSR count). The lowest BCUT2D eigenvalue weighted by Crippen LogP contribution is -2.27. The van der Waals surface area contributed by atoms with Crippen molar-refractivity contribution in [2.24, 2.45) is 7.05 Å². The van der Waals surface area contributed by atoms with E-state index in [2.05, 4.69) is 15.3 Å². The third-order valence-corrected chi connectivity index (χ3v) is 2.68. The zero-order chi connectivity index (χ0) is 13.7. The highest BCUT2D eigenvalue weighted by Crippen LogP contribution is 1.99. The van der Waals surface area contributed by atoms with Gasteiger partial charge in [-0.25, -0.2) is 9.97 Å². The summed E-state index contributed by atoms with van der Waals surface area (Å²) in [6.07, 6.45) is 5.62. The highest BCUT2D eigenvalue weighted by atomic mass is 16.1. The van der Waals surface area contributed by atoms with Crippen LogP contribution in [0.4, 0.5) is 0 Å². The summed E-state index contributed by atoms with van der Waals surface area (Å²) in [5.74, 6) is 0.659. The van der Waals surface area contributed by atoms with Gasteiger partial charge in [-0.05, 0) is 12.1 Å². The fraction of sp³-hybridized carbons (Fsp3) is 0.231. The van der Waals surface area contributed by atoms with Crippen molar-refractivity contribution in [3.8, 4) is 6.07 Å². The molecule has 0 aliphatic heterocycles. The molecule has 6 nitrogen and oxygen atoms in total. The molecule has 0 aliphatic carbocycles. The molecule has 0 aromatic carbocycles. The standard InChI is InChI=1S/C13H13N5O/c1-18-7-6-15-12(18)4-5-16-13(19)11-3-2-10(8-14)9-17-11/h2-3,6-7,9H,4-5H2,1H3,(H,16,19). The zero-order valence-electron chi connectivity index (χ0n) is 10.5. The summed E-state index contributed by atoms with van der Waals surface area (Å²) < 4.78 is 1.91. The van der Waals surface area contributed by atoms with Crippen LogP contribution in [0.15, 0.2) is 30.7 Å². The number of hydrogen-bond donors (Lipinski definition) is 1. The van der Waals surface area contributed by atoms with Crippen LogP contribution in [0.1, 0.15) is 21.9 Å². The van der Waals surface area contributed by atoms with Crippen molar-refractivity contribution in [3.05, 3.63) is 47.8 Å². The van der Waals surface area contributed by atoms with Crippen LogP contribution in [0, 0.1) is 11.3 Å². The van der Waals surface area contributed by atoms with E-state index < -0.39 is 0 Å². The van der Waals surface area contributed by atoms with Gasteiger partial charge < -0.3 is 9.88 Å². The summed E-state index contributed by atoms with van der Waals surface area (Å²) in [7, 11) is 1.91. The number of pyridine rings is 1. The Labute approximate surface area is 110 Å². The predicted molar refractivity (Wildman–Crippen MR) is 68.2 cm³/mol. The minimum Gasteiger partial charge on any atom is -0.350 e. The number of nitriles is 1. The lowest BCUT2D eigenvalue weighted by atomic mass is 10.2. The smallest absolute Gasteiger partial charge is 0.269 e. The van der Waals surface area contributed by atoms with Gasteiger partial charge in [0, 0.05) is 38.6 Å². The largest absolute Gasteiger partial charge is 0.350 e. The maximum atomic E-state index is 11.8. The summed E-state index contributed by atoms with van der Waals surface area (Å²) in [6.45, 7) is 0.491. The molecule has 0 saturated heterocycles. The van der Waals surface area contributed by atoms with Crippen LogP contribution in [-0.2, 0) is 13.5 Å². The second kappa shape index (κ2) is 5.78. The monoisotopic (exact) mass is 255 g/mol. The van der Waals surface area contributed by atoms with E-state index in [-0.39, 0.29) is 5.91 Å². The topological polar surface area (TPSA) is 83.6 Å². The van der Waals surface area contributed by atoms with Gasteiger partial charge >= 0.3 is 0 Å². The van der Waals surface area contributed by atoms with E-state index in [1.54, 1.807) is 12.3 Å². The number of aryl methyl sites for hydroxylation is 1. The van der Waals surface area contributed by atoms with Gasteiger partial charge in [0.2, 0.25) is 0 Å². The number of amides is 1. The molecule has 0 unspecified atom stereocenters. The minimum atomic E-state index is -0.251. The van der Waals surface area contributed by atoms with Gasteiger partial charge in [-0.1, -0.05) is 0 Å². The van der Waals surface area contributed by atoms with Crippen LogP contribution in [0.5, 0.6) is 0 Å².